The Hall–Kier alpha value is -1.32. The summed E-state index contributed by atoms with van der Waals surface area (Å²) in [6.45, 7) is 2.37. The number of nitrogens with one attached hydrogen (secondary N) is 1. The molecule has 0 saturated heterocycles. The second kappa shape index (κ2) is 11.3. The van der Waals surface area contributed by atoms with Crippen molar-refractivity contribution in [2.75, 3.05) is 11.9 Å². The number of hydrogen-bond donors (Lipinski definition) is 2. The van der Waals surface area contributed by atoms with Gasteiger partial charge in [-0.15, -0.1) is 24.8 Å². The summed E-state index contributed by atoms with van der Waals surface area (Å²) in [6.07, 6.45) is -2.15. The normalized spacial score (nSPS) is 12.2. The summed E-state index contributed by atoms with van der Waals surface area (Å²) in [4.78, 5) is 15.4. The maximum Gasteiger partial charge on any atom is 0.340 e. The van der Waals surface area contributed by atoms with E-state index in [0.29, 0.717) is 12.1 Å². The van der Waals surface area contributed by atoms with E-state index in [1.807, 2.05) is 13.8 Å². The maximum atomic E-state index is 12.7. The molecular weight excluding hydrogens is 389 g/mol. The van der Waals surface area contributed by atoms with Gasteiger partial charge in [-0.25, -0.2) is 13.8 Å². The maximum absolute atomic E-state index is 12.7. The Bertz CT molecular complexity index is 519. The molecule has 1 atom stereocenters. The number of aromatic nitrogens is 1. The van der Waals surface area contributed by atoms with Gasteiger partial charge in [0.05, 0.1) is 17.9 Å². The van der Waals surface area contributed by atoms with Crippen LogP contribution in [0.25, 0.3) is 0 Å². The van der Waals surface area contributed by atoms with Crippen LogP contribution >= 0.6 is 24.8 Å². The highest BCUT2D eigenvalue weighted by Gasteiger charge is 2.41. The van der Waals surface area contributed by atoms with Crippen molar-refractivity contribution in [3.8, 4) is 5.88 Å². The summed E-state index contributed by atoms with van der Waals surface area (Å²) in [5.74, 6) is -4.66. The number of alkyl halides is 4. The van der Waals surface area contributed by atoms with Crippen LogP contribution in [0.4, 0.5) is 23.2 Å². The Kier molecular flexibility index (Phi) is 11.7. The Labute approximate surface area is 155 Å². The molecule has 3 N–H and O–H groups in total. The van der Waals surface area contributed by atoms with Gasteiger partial charge in [-0.1, -0.05) is 13.8 Å². The second-order valence-corrected chi connectivity index (χ2v) is 5.46. The average molecular weight is 410 g/mol. The molecule has 146 valence electrons. The van der Waals surface area contributed by atoms with E-state index in [9.17, 15) is 22.4 Å². The van der Waals surface area contributed by atoms with Gasteiger partial charge in [0.1, 0.15) is 0 Å². The highest BCUT2D eigenvalue weighted by molar-refractivity contribution is 5.94. The van der Waals surface area contributed by atoms with Crippen molar-refractivity contribution in [3.05, 3.63) is 18.3 Å². The first-order valence-corrected chi connectivity index (χ1v) is 6.93. The van der Waals surface area contributed by atoms with Crippen LogP contribution in [0.2, 0.25) is 0 Å². The van der Waals surface area contributed by atoms with E-state index in [4.69, 9.17) is 5.73 Å². The van der Waals surface area contributed by atoms with Gasteiger partial charge in [0.25, 0.3) is 0 Å². The smallest absolute Gasteiger partial charge is 0.340 e. The number of nitrogens with two attached hydrogens (primary N) is 1. The fraction of sp³-hybridized carbons (Fsp3) is 0.571. The summed E-state index contributed by atoms with van der Waals surface area (Å²) in [5, 5.41) is 2.51. The number of pyridine rings is 1. The summed E-state index contributed by atoms with van der Waals surface area (Å²) in [6, 6.07) is 1.85. The van der Waals surface area contributed by atoms with Crippen LogP contribution in [0.5, 0.6) is 5.88 Å². The number of rotatable bonds is 8. The van der Waals surface area contributed by atoms with Crippen LogP contribution in [0.1, 0.15) is 20.3 Å². The summed E-state index contributed by atoms with van der Waals surface area (Å²) < 4.78 is 53.9. The highest BCUT2D eigenvalue weighted by Crippen LogP contribution is 2.24. The van der Waals surface area contributed by atoms with E-state index >= 15 is 0 Å². The molecule has 1 rings (SSSR count). The zero-order chi connectivity index (χ0) is 17.6. The second-order valence-electron chi connectivity index (χ2n) is 5.46. The lowest BCUT2D eigenvalue weighted by atomic mass is 10.0. The topological polar surface area (TPSA) is 77.2 Å². The first kappa shape index (κ1) is 25.9. The molecule has 0 radical (unpaired) electrons. The summed E-state index contributed by atoms with van der Waals surface area (Å²) >= 11 is 0. The highest BCUT2D eigenvalue weighted by atomic mass is 35.5. The van der Waals surface area contributed by atoms with E-state index in [-0.39, 0.29) is 36.6 Å². The van der Waals surface area contributed by atoms with Crippen molar-refractivity contribution in [2.45, 2.75) is 38.7 Å². The Morgan fingerprint density at radius 1 is 1.32 bits per heavy atom. The monoisotopic (exact) mass is 409 g/mol. The van der Waals surface area contributed by atoms with Gasteiger partial charge in [0.15, 0.2) is 6.61 Å². The molecule has 0 spiro atoms. The lowest BCUT2D eigenvalue weighted by Crippen LogP contribution is -2.36. The van der Waals surface area contributed by atoms with E-state index in [2.05, 4.69) is 15.0 Å². The van der Waals surface area contributed by atoms with Crippen LogP contribution in [0.15, 0.2) is 18.3 Å². The number of anilines is 1. The number of carbonyl (C=O) groups is 1. The van der Waals surface area contributed by atoms with Crippen LogP contribution in [0, 0.1) is 5.92 Å². The third-order valence-corrected chi connectivity index (χ3v) is 2.80. The van der Waals surface area contributed by atoms with Crippen molar-refractivity contribution >= 4 is 36.4 Å². The van der Waals surface area contributed by atoms with Crippen LogP contribution in [-0.4, -0.2) is 35.9 Å². The summed E-state index contributed by atoms with van der Waals surface area (Å²) in [7, 11) is 0. The molecule has 0 aliphatic carbocycles. The molecule has 0 unspecified atom stereocenters. The van der Waals surface area contributed by atoms with Crippen molar-refractivity contribution in [1.82, 2.24) is 4.98 Å². The fourth-order valence-electron chi connectivity index (χ4n) is 1.62. The van der Waals surface area contributed by atoms with Gasteiger partial charge in [-0.3, -0.25) is 4.79 Å². The van der Waals surface area contributed by atoms with Gasteiger partial charge < -0.3 is 15.8 Å². The number of ether oxygens (including phenoxy) is 1. The largest absolute Gasteiger partial charge is 0.471 e. The van der Waals surface area contributed by atoms with Crippen molar-refractivity contribution in [3.63, 3.8) is 0 Å². The molecule has 5 nitrogen and oxygen atoms in total. The summed E-state index contributed by atoms with van der Waals surface area (Å²) in [5.41, 5.74) is 6.00. The quantitative estimate of drug-likeness (QED) is 0.643. The molecule has 0 aromatic carbocycles. The van der Waals surface area contributed by atoms with Crippen LogP contribution in [-0.2, 0) is 4.79 Å². The Morgan fingerprint density at radius 3 is 2.36 bits per heavy atom. The van der Waals surface area contributed by atoms with Crippen molar-refractivity contribution < 1.29 is 27.1 Å². The zero-order valence-corrected chi connectivity index (χ0v) is 15.2. The average Bonchev–Trinajstić information content (AvgIpc) is 2.45. The third-order valence-electron chi connectivity index (χ3n) is 2.80. The van der Waals surface area contributed by atoms with Crippen LogP contribution in [0.3, 0.4) is 0 Å². The van der Waals surface area contributed by atoms with E-state index in [0.717, 1.165) is 6.20 Å². The van der Waals surface area contributed by atoms with Crippen molar-refractivity contribution in [1.29, 1.82) is 0 Å². The van der Waals surface area contributed by atoms with E-state index < -0.39 is 30.9 Å². The first-order chi connectivity index (χ1) is 10.6. The molecule has 1 aromatic rings. The number of carbonyl (C=O) groups excluding carboxylic acids is 1. The van der Waals surface area contributed by atoms with Gasteiger partial charge in [-0.2, -0.15) is 8.78 Å². The number of amides is 1. The minimum Gasteiger partial charge on any atom is -0.471 e. The molecule has 11 heteroatoms. The molecule has 0 aliphatic rings. The molecule has 0 fully saturated rings. The van der Waals surface area contributed by atoms with Gasteiger partial charge in [-0.05, 0) is 18.4 Å². The van der Waals surface area contributed by atoms with Gasteiger partial charge in [0, 0.05) is 6.07 Å². The number of hydrogen-bond acceptors (Lipinski definition) is 4. The molecular formula is C14H21Cl2F4N3O2. The predicted molar refractivity (Wildman–Crippen MR) is 91.2 cm³/mol. The minimum atomic E-state index is -4.25. The lowest BCUT2D eigenvalue weighted by Gasteiger charge is -2.16. The van der Waals surface area contributed by atoms with E-state index in [1.54, 1.807) is 0 Å². The van der Waals surface area contributed by atoms with Gasteiger partial charge in [0.2, 0.25) is 11.8 Å². The fourth-order valence-corrected chi connectivity index (χ4v) is 1.62. The van der Waals surface area contributed by atoms with E-state index in [1.165, 1.54) is 12.1 Å². The molecule has 0 aliphatic heterocycles. The SMILES string of the molecule is CC(C)C[C@H](N)C(=O)Nc1ccc(OCC(F)(F)C(F)F)nc1.Cl.Cl. The number of halogens is 6. The Morgan fingerprint density at radius 2 is 1.92 bits per heavy atom. The molecule has 1 aromatic heterocycles. The molecule has 25 heavy (non-hydrogen) atoms. The van der Waals surface area contributed by atoms with Gasteiger partial charge >= 0.3 is 12.3 Å². The third kappa shape index (κ3) is 9.08. The molecule has 0 bridgehead atoms. The number of nitrogens with zero attached hydrogens (tertiary/aromatic N) is 1. The standard InChI is InChI=1S/C14H19F4N3O2.2ClH/c1-8(2)5-10(19)12(22)21-9-3-4-11(20-6-9)23-7-14(17,18)13(15)16;;/h3-4,6,8,10,13H,5,7,19H2,1-2H3,(H,21,22);2*1H/t10-;;/m0../s1. The minimum absolute atomic E-state index is 0. The Balaban J connectivity index is 0. The van der Waals surface area contributed by atoms with Crippen LogP contribution < -0.4 is 15.8 Å². The molecule has 0 saturated carbocycles. The predicted octanol–water partition coefficient (Wildman–Crippen LogP) is 3.52. The van der Waals surface area contributed by atoms with Crippen molar-refractivity contribution in [2.24, 2.45) is 11.7 Å². The molecule has 1 amide bonds. The molecule has 1 heterocycles. The zero-order valence-electron chi connectivity index (χ0n) is 13.5. The lowest BCUT2D eigenvalue weighted by molar-refractivity contribution is -0.148. The first-order valence-electron chi connectivity index (χ1n) is 6.93.